The van der Waals surface area contributed by atoms with Crippen LogP contribution >= 0.6 is 0 Å². The molecule has 0 aromatic carbocycles. The maximum absolute atomic E-state index is 10.6. The van der Waals surface area contributed by atoms with Gasteiger partial charge in [0, 0.05) is 32.8 Å². The van der Waals surface area contributed by atoms with Gasteiger partial charge in [-0.25, -0.2) is 0 Å². The fourth-order valence-electron chi connectivity index (χ4n) is 2.13. The van der Waals surface area contributed by atoms with Crippen LogP contribution in [0.15, 0.2) is 0 Å². The molecule has 1 fully saturated rings. The van der Waals surface area contributed by atoms with E-state index in [0.717, 1.165) is 39.2 Å². The first-order valence-electron chi connectivity index (χ1n) is 5.80. The molecule has 0 spiro atoms. The van der Waals surface area contributed by atoms with Gasteiger partial charge in [0.05, 0.1) is 13.2 Å². The topological polar surface area (TPSA) is 53.0 Å². The quantitative estimate of drug-likeness (QED) is 0.726. The molecule has 5 nitrogen and oxygen atoms in total. The number of nitrogens with zero attached hydrogens (tertiary/aromatic N) is 2. The molecule has 0 radical (unpaired) electrons. The molecule has 0 aliphatic carbocycles. The lowest BCUT2D eigenvalue weighted by Gasteiger charge is -2.27. The number of carbonyl (C=O) groups is 1. The number of rotatable bonds is 5. The number of aliphatic carboxylic acids is 1. The van der Waals surface area contributed by atoms with Crippen molar-refractivity contribution >= 4 is 5.97 Å². The molecular weight excluding hydrogens is 208 g/mol. The van der Waals surface area contributed by atoms with Crippen molar-refractivity contribution < 1.29 is 14.6 Å². The van der Waals surface area contributed by atoms with E-state index in [2.05, 4.69) is 11.8 Å². The van der Waals surface area contributed by atoms with Crippen molar-refractivity contribution in [1.82, 2.24) is 9.80 Å². The van der Waals surface area contributed by atoms with E-state index in [0.29, 0.717) is 6.04 Å². The maximum atomic E-state index is 10.6. The Hall–Kier alpha value is -0.650. The van der Waals surface area contributed by atoms with Crippen molar-refractivity contribution in [2.24, 2.45) is 0 Å². The van der Waals surface area contributed by atoms with Crippen LogP contribution in [-0.2, 0) is 9.53 Å². The number of hydrogen-bond donors (Lipinski definition) is 1. The van der Waals surface area contributed by atoms with Crippen molar-refractivity contribution in [2.45, 2.75) is 19.4 Å². The van der Waals surface area contributed by atoms with Crippen LogP contribution in [0.3, 0.4) is 0 Å². The SMILES string of the molecule is COCC(C)N1CCCN(CC(=O)O)CC1. The summed E-state index contributed by atoms with van der Waals surface area (Å²) in [7, 11) is 1.71. The lowest BCUT2D eigenvalue weighted by atomic mass is 10.3. The minimum Gasteiger partial charge on any atom is -0.480 e. The van der Waals surface area contributed by atoms with E-state index >= 15 is 0 Å². The predicted molar refractivity (Wildman–Crippen MR) is 61.6 cm³/mol. The summed E-state index contributed by atoms with van der Waals surface area (Å²) in [6.45, 7) is 6.71. The summed E-state index contributed by atoms with van der Waals surface area (Å²) >= 11 is 0. The molecule has 0 bridgehead atoms. The summed E-state index contributed by atoms with van der Waals surface area (Å²) in [5.41, 5.74) is 0. The third-order valence-electron chi connectivity index (χ3n) is 3.01. The Morgan fingerprint density at radius 1 is 1.38 bits per heavy atom. The first-order valence-corrected chi connectivity index (χ1v) is 5.80. The van der Waals surface area contributed by atoms with Crippen LogP contribution in [0, 0.1) is 0 Å². The van der Waals surface area contributed by atoms with Crippen LogP contribution in [0.1, 0.15) is 13.3 Å². The normalized spacial score (nSPS) is 21.6. The Labute approximate surface area is 97.0 Å². The van der Waals surface area contributed by atoms with Crippen LogP contribution in [0.25, 0.3) is 0 Å². The van der Waals surface area contributed by atoms with E-state index in [9.17, 15) is 4.79 Å². The van der Waals surface area contributed by atoms with Gasteiger partial charge in [-0.05, 0) is 19.9 Å². The molecule has 1 heterocycles. The standard InChI is InChI=1S/C11H22N2O3/c1-10(9-16-2)13-5-3-4-12(6-7-13)8-11(14)15/h10H,3-9H2,1-2H3,(H,14,15). The molecule has 16 heavy (non-hydrogen) atoms. The highest BCUT2D eigenvalue weighted by molar-refractivity contribution is 5.69. The zero-order chi connectivity index (χ0) is 12.0. The number of carboxylic acids is 1. The smallest absolute Gasteiger partial charge is 0.317 e. The molecule has 1 atom stereocenters. The summed E-state index contributed by atoms with van der Waals surface area (Å²) in [5, 5.41) is 8.74. The minimum absolute atomic E-state index is 0.159. The molecular formula is C11H22N2O3. The van der Waals surface area contributed by atoms with Gasteiger partial charge >= 0.3 is 5.97 Å². The van der Waals surface area contributed by atoms with Crippen LogP contribution in [0.2, 0.25) is 0 Å². The summed E-state index contributed by atoms with van der Waals surface area (Å²) in [6.07, 6.45) is 1.03. The highest BCUT2D eigenvalue weighted by Crippen LogP contribution is 2.07. The monoisotopic (exact) mass is 230 g/mol. The third kappa shape index (κ3) is 4.47. The largest absolute Gasteiger partial charge is 0.480 e. The van der Waals surface area contributed by atoms with E-state index < -0.39 is 5.97 Å². The highest BCUT2D eigenvalue weighted by Gasteiger charge is 2.19. The predicted octanol–water partition coefficient (Wildman–Crippen LogP) is 0.114. The second-order valence-electron chi connectivity index (χ2n) is 4.36. The maximum Gasteiger partial charge on any atom is 0.317 e. The Morgan fingerprint density at radius 3 is 2.75 bits per heavy atom. The molecule has 0 aromatic heterocycles. The Morgan fingerprint density at radius 2 is 2.12 bits per heavy atom. The number of methoxy groups -OCH3 is 1. The van der Waals surface area contributed by atoms with Gasteiger partial charge < -0.3 is 9.84 Å². The molecule has 0 saturated carbocycles. The zero-order valence-electron chi connectivity index (χ0n) is 10.2. The van der Waals surface area contributed by atoms with Crippen LogP contribution in [0.5, 0.6) is 0 Å². The molecule has 1 unspecified atom stereocenters. The number of carboxylic acid groups (broad SMARTS) is 1. The van der Waals surface area contributed by atoms with E-state index in [1.165, 1.54) is 0 Å². The van der Waals surface area contributed by atoms with Gasteiger partial charge in [-0.2, -0.15) is 0 Å². The minimum atomic E-state index is -0.738. The zero-order valence-corrected chi connectivity index (χ0v) is 10.2. The van der Waals surface area contributed by atoms with Gasteiger partial charge in [0.2, 0.25) is 0 Å². The second-order valence-corrected chi connectivity index (χ2v) is 4.36. The van der Waals surface area contributed by atoms with Crippen LogP contribution < -0.4 is 0 Å². The van der Waals surface area contributed by atoms with Crippen molar-refractivity contribution in [3.63, 3.8) is 0 Å². The summed E-state index contributed by atoms with van der Waals surface area (Å²) < 4.78 is 5.14. The molecule has 0 aromatic rings. The first kappa shape index (κ1) is 13.4. The van der Waals surface area contributed by atoms with Crippen molar-refractivity contribution in [3.8, 4) is 0 Å². The molecule has 94 valence electrons. The number of hydrogen-bond acceptors (Lipinski definition) is 4. The average molecular weight is 230 g/mol. The van der Waals surface area contributed by atoms with E-state index in [1.807, 2.05) is 4.90 Å². The molecule has 5 heteroatoms. The fraction of sp³-hybridized carbons (Fsp3) is 0.909. The first-order chi connectivity index (χ1) is 7.63. The summed E-state index contributed by atoms with van der Waals surface area (Å²) in [5.74, 6) is -0.738. The van der Waals surface area contributed by atoms with Gasteiger partial charge in [-0.1, -0.05) is 0 Å². The van der Waals surface area contributed by atoms with Crippen molar-refractivity contribution in [1.29, 1.82) is 0 Å². The van der Waals surface area contributed by atoms with Crippen molar-refractivity contribution in [2.75, 3.05) is 46.4 Å². The van der Waals surface area contributed by atoms with E-state index in [4.69, 9.17) is 9.84 Å². The van der Waals surface area contributed by atoms with Gasteiger partial charge in [0.1, 0.15) is 0 Å². The summed E-state index contributed by atoms with van der Waals surface area (Å²) in [6, 6.07) is 0.412. The molecule has 1 aliphatic heterocycles. The van der Waals surface area contributed by atoms with Crippen LogP contribution in [-0.4, -0.2) is 73.4 Å². The van der Waals surface area contributed by atoms with Gasteiger partial charge in [0.15, 0.2) is 0 Å². The Kier molecular flexibility index (Phi) is 5.73. The highest BCUT2D eigenvalue weighted by atomic mass is 16.5. The molecule has 1 aliphatic rings. The van der Waals surface area contributed by atoms with E-state index in [1.54, 1.807) is 7.11 Å². The third-order valence-corrected chi connectivity index (χ3v) is 3.01. The molecule has 1 N–H and O–H groups in total. The van der Waals surface area contributed by atoms with Gasteiger partial charge in [-0.3, -0.25) is 14.6 Å². The lowest BCUT2D eigenvalue weighted by Crippen LogP contribution is -2.39. The molecule has 1 saturated heterocycles. The summed E-state index contributed by atoms with van der Waals surface area (Å²) in [4.78, 5) is 15.0. The number of ether oxygens (including phenoxy) is 1. The van der Waals surface area contributed by atoms with Crippen LogP contribution in [0.4, 0.5) is 0 Å². The van der Waals surface area contributed by atoms with Gasteiger partial charge in [-0.15, -0.1) is 0 Å². The molecule has 0 amide bonds. The molecule has 1 rings (SSSR count). The fourth-order valence-corrected chi connectivity index (χ4v) is 2.13. The van der Waals surface area contributed by atoms with Gasteiger partial charge in [0.25, 0.3) is 0 Å². The van der Waals surface area contributed by atoms with E-state index in [-0.39, 0.29) is 6.54 Å². The lowest BCUT2D eigenvalue weighted by molar-refractivity contribution is -0.138. The Balaban J connectivity index is 2.36. The second kappa shape index (κ2) is 6.83. The Bertz CT molecular complexity index is 223. The average Bonchev–Trinajstić information content (AvgIpc) is 2.43. The van der Waals surface area contributed by atoms with Crippen molar-refractivity contribution in [3.05, 3.63) is 0 Å².